The predicted molar refractivity (Wildman–Crippen MR) is 518 cm³/mol. The second-order valence-electron chi connectivity index (χ2n) is 34.6. The van der Waals surface area contributed by atoms with Gasteiger partial charge < -0.3 is 25.4 Å². The molecule has 1 aliphatic carbocycles. The topological polar surface area (TPSA) is 150 Å². The summed E-state index contributed by atoms with van der Waals surface area (Å²) in [6.45, 7) is 26.3. The first kappa shape index (κ1) is 93.6. The number of methoxy groups -OCH3 is 1. The Bertz CT molecular complexity index is 5570. The molecule has 0 bridgehead atoms. The van der Waals surface area contributed by atoms with Gasteiger partial charge in [-0.1, -0.05) is 289 Å². The minimum Gasteiger partial charge on any atom is -0.497 e. The molecule has 1 saturated carbocycles. The van der Waals surface area contributed by atoms with E-state index in [1.165, 1.54) is 83.7 Å². The van der Waals surface area contributed by atoms with Crippen molar-refractivity contribution in [3.8, 4) is 47.5 Å². The molecule has 5 unspecified atom stereocenters. The van der Waals surface area contributed by atoms with Crippen molar-refractivity contribution < 1.29 is 39.2 Å². The normalized spacial score (nSPS) is 13.9. The Hall–Kier alpha value is -10.1. The lowest BCUT2D eigenvalue weighted by atomic mass is 9.79. The molecule has 123 heavy (non-hydrogen) atoms. The molecule has 640 valence electrons. The standard InChI is InChI=1S/C30H31NO2S.C27H30O3S.C27H32O2S.C26H30OS/c1-21(2)25-8-4-6-23(19-25)18-24-7-5-9-26(20-24)28-14-15-29(34-28)30(32)31-17-16-22-10-12-27(33-3)13-11-22;1-18(29)22-8-2-5-19(14-22)13-20-6-3-9-23(15-20)25-11-12-26(31-25)27(30)24-10-4-7-21(16-24)17-28;1-18(2)22-9-5-7-20(14-22)13-21-8-6-10-23(15-21)26-11-12-27(30-26)25(29)16-24(17-28)19(3)4;1-17(2)19(5)26(27)25-13-12-24(28-25)23-11-7-9-21(16-23)14-20-8-6-10-22(15-20)18(3)4/h4-15,19-21H,16-18H2,1-3H3,(H,31,32);2-3,5-6,8-9,11-12,14-15,18,21,24,28-29H,4,7,10,13,16-17H2,1H3;5-12,14-15,18-19,24,28H,13,16-17H2,1-4H3;6-13,15-19H,14H2,1-5H3. The van der Waals surface area contributed by atoms with Crippen LogP contribution in [0.4, 0.5) is 0 Å². The quantitative estimate of drug-likeness (QED) is 0.0305. The number of rotatable bonds is 32. The molecule has 14 rings (SSSR count). The molecule has 9 nitrogen and oxygen atoms in total. The monoisotopic (exact) mass is 1710 g/mol. The highest BCUT2D eigenvalue weighted by atomic mass is 32.1. The van der Waals surface area contributed by atoms with Crippen LogP contribution < -0.4 is 10.1 Å². The van der Waals surface area contributed by atoms with Gasteiger partial charge in [0.1, 0.15) is 5.75 Å². The first-order chi connectivity index (χ1) is 59.3. The number of hydrogen-bond donors (Lipinski definition) is 4. The minimum atomic E-state index is -0.467. The summed E-state index contributed by atoms with van der Waals surface area (Å²) >= 11 is 6.27. The molecular formula is C110H123NO8S4. The Morgan fingerprint density at radius 3 is 1.18 bits per heavy atom. The van der Waals surface area contributed by atoms with E-state index in [9.17, 15) is 34.5 Å². The van der Waals surface area contributed by atoms with Crippen molar-refractivity contribution >= 4 is 68.6 Å². The Morgan fingerprint density at radius 1 is 0.407 bits per heavy atom. The second-order valence-corrected chi connectivity index (χ2v) is 39.0. The summed E-state index contributed by atoms with van der Waals surface area (Å²) in [7, 11) is 1.66. The van der Waals surface area contributed by atoms with Gasteiger partial charge in [-0.2, -0.15) is 0 Å². The fourth-order valence-electron chi connectivity index (χ4n) is 15.4. The molecule has 0 saturated heterocycles. The number of aliphatic hydroxyl groups is 3. The smallest absolute Gasteiger partial charge is 0.261 e. The van der Waals surface area contributed by atoms with Crippen molar-refractivity contribution in [3.05, 3.63) is 359 Å². The molecule has 0 aliphatic heterocycles. The fourth-order valence-corrected chi connectivity index (χ4v) is 19.3. The molecule has 9 aromatic carbocycles. The molecule has 0 radical (unpaired) electrons. The maximum Gasteiger partial charge on any atom is 0.261 e. The van der Waals surface area contributed by atoms with Gasteiger partial charge in [0.25, 0.3) is 5.91 Å². The average molecular weight is 1720 g/mol. The van der Waals surface area contributed by atoms with E-state index in [4.69, 9.17) is 4.74 Å². The van der Waals surface area contributed by atoms with Gasteiger partial charge in [-0.15, -0.1) is 45.3 Å². The molecular weight excluding hydrogens is 1590 g/mol. The molecule has 1 amide bonds. The van der Waals surface area contributed by atoms with E-state index in [1.807, 2.05) is 79.7 Å². The van der Waals surface area contributed by atoms with E-state index in [0.29, 0.717) is 42.6 Å². The Kier molecular flexibility index (Phi) is 35.1. The summed E-state index contributed by atoms with van der Waals surface area (Å²) in [5.41, 5.74) is 21.1. The highest BCUT2D eigenvalue weighted by Gasteiger charge is 2.29. The van der Waals surface area contributed by atoms with Crippen LogP contribution in [0.3, 0.4) is 0 Å². The van der Waals surface area contributed by atoms with Crippen molar-refractivity contribution in [1.29, 1.82) is 0 Å². The maximum absolute atomic E-state index is 13.0. The van der Waals surface area contributed by atoms with Crippen LogP contribution in [0.1, 0.15) is 250 Å². The number of thiophene rings is 4. The van der Waals surface area contributed by atoms with Crippen molar-refractivity contribution in [2.75, 3.05) is 26.9 Å². The van der Waals surface area contributed by atoms with Gasteiger partial charge in [-0.05, 0) is 255 Å². The average Bonchev–Trinajstić information content (AvgIpc) is 1.72. The summed E-state index contributed by atoms with van der Waals surface area (Å²) in [5.74, 6) is 4.09. The lowest BCUT2D eigenvalue weighted by Gasteiger charge is -2.26. The number of carbonyl (C=O) groups excluding carboxylic acids is 4. The van der Waals surface area contributed by atoms with Crippen LogP contribution in [-0.2, 0) is 32.1 Å². The first-order valence-electron chi connectivity index (χ1n) is 43.8. The van der Waals surface area contributed by atoms with Crippen molar-refractivity contribution in [2.45, 2.75) is 171 Å². The molecule has 1 aliphatic rings. The zero-order valence-electron chi connectivity index (χ0n) is 73.9. The molecule has 13 aromatic rings. The lowest BCUT2D eigenvalue weighted by Crippen LogP contribution is -2.24. The number of ether oxygens (including phenoxy) is 1. The van der Waals surface area contributed by atoms with Crippen LogP contribution in [0.2, 0.25) is 0 Å². The number of Topliss-reactive ketones (excluding diaryl/α,β-unsaturated/α-hetero) is 3. The summed E-state index contributed by atoms with van der Waals surface area (Å²) in [6, 6.07) is 93.0. The third-order valence-corrected chi connectivity index (χ3v) is 28.1. The third kappa shape index (κ3) is 27.5. The van der Waals surface area contributed by atoms with Crippen LogP contribution in [0.25, 0.3) is 41.8 Å². The Labute approximate surface area is 747 Å². The van der Waals surface area contributed by atoms with Crippen LogP contribution in [0.15, 0.2) is 267 Å². The number of aliphatic hydroxyl groups excluding tert-OH is 3. The van der Waals surface area contributed by atoms with Gasteiger partial charge in [0, 0.05) is 57.5 Å². The number of carbonyl (C=O) groups is 4. The van der Waals surface area contributed by atoms with Crippen LogP contribution >= 0.6 is 45.3 Å². The van der Waals surface area contributed by atoms with Crippen molar-refractivity contribution in [2.24, 2.45) is 35.5 Å². The molecule has 5 atom stereocenters. The molecule has 4 heterocycles. The van der Waals surface area contributed by atoms with Crippen LogP contribution in [0.5, 0.6) is 5.75 Å². The third-order valence-electron chi connectivity index (χ3n) is 23.5. The number of amides is 1. The molecule has 4 N–H and O–H groups in total. The Morgan fingerprint density at radius 2 is 0.780 bits per heavy atom. The zero-order chi connectivity index (χ0) is 87.6. The first-order valence-corrected chi connectivity index (χ1v) is 47.1. The summed E-state index contributed by atoms with van der Waals surface area (Å²) in [6.07, 6.45) is 8.05. The SMILES string of the molecule is CC(C)c1cccc(Cc2cccc(-c3ccc(C(=O)C(C)C(C)C)s3)c2)c1.CC(C)c1cccc(Cc2cccc(-c3ccc(C(=O)CC(CO)C(C)C)s3)c2)c1.CC(O)c1cccc(Cc2cccc(-c3ccc(C(=O)C4CCCC(CO)C4)s3)c2)c1.COc1ccc(CCNC(=O)c2ccc(-c3cccc(Cc4cccc(C(C)C)c4)c3)s2)cc1. The van der Waals surface area contributed by atoms with Gasteiger partial charge >= 0.3 is 0 Å². The van der Waals surface area contributed by atoms with E-state index >= 15 is 0 Å². The van der Waals surface area contributed by atoms with Crippen LogP contribution in [0, 0.1) is 35.5 Å². The molecule has 13 heteroatoms. The number of hydrogen-bond acceptors (Lipinski definition) is 12. The van der Waals surface area contributed by atoms with Gasteiger partial charge in [0.05, 0.1) is 32.7 Å². The minimum absolute atomic E-state index is 0.0213. The number of benzene rings is 9. The highest BCUT2D eigenvalue weighted by Crippen LogP contribution is 2.39. The number of ketones is 3. The maximum atomic E-state index is 13.0. The van der Waals surface area contributed by atoms with E-state index in [1.54, 1.807) is 48.0 Å². The van der Waals surface area contributed by atoms with Crippen LogP contribution in [-0.4, -0.2) is 65.4 Å². The summed E-state index contributed by atoms with van der Waals surface area (Å²) < 4.78 is 5.19. The number of nitrogens with one attached hydrogen (secondary N) is 1. The van der Waals surface area contributed by atoms with Gasteiger partial charge in [-0.3, -0.25) is 19.2 Å². The van der Waals surface area contributed by atoms with Crippen molar-refractivity contribution in [3.63, 3.8) is 0 Å². The van der Waals surface area contributed by atoms with Gasteiger partial charge in [0.2, 0.25) is 0 Å². The molecule has 1 fully saturated rings. The second kappa shape index (κ2) is 46.1. The largest absolute Gasteiger partial charge is 0.497 e. The predicted octanol–water partition coefficient (Wildman–Crippen LogP) is 27.7. The Balaban J connectivity index is 0.000000160. The van der Waals surface area contributed by atoms with E-state index in [-0.39, 0.29) is 60.1 Å². The van der Waals surface area contributed by atoms with E-state index in [0.717, 1.165) is 125 Å². The van der Waals surface area contributed by atoms with Crippen molar-refractivity contribution in [1.82, 2.24) is 5.32 Å². The van der Waals surface area contributed by atoms with Gasteiger partial charge in [0.15, 0.2) is 17.3 Å². The summed E-state index contributed by atoms with van der Waals surface area (Å²) in [5, 5.41) is 31.9. The molecule has 4 aromatic heterocycles. The zero-order valence-corrected chi connectivity index (χ0v) is 77.2. The lowest BCUT2D eigenvalue weighted by molar-refractivity contribution is 0.0832. The van der Waals surface area contributed by atoms with E-state index in [2.05, 4.69) is 269 Å². The highest BCUT2D eigenvalue weighted by molar-refractivity contribution is 7.18. The summed E-state index contributed by atoms with van der Waals surface area (Å²) in [4.78, 5) is 58.7. The molecule has 0 spiro atoms. The van der Waals surface area contributed by atoms with E-state index < -0.39 is 6.10 Å². The fraction of sp³-hybridized carbons (Fsp3) is 0.327. The van der Waals surface area contributed by atoms with Gasteiger partial charge in [-0.25, -0.2) is 0 Å².